The molecule has 1 unspecified atom stereocenters. The largest absolute Gasteiger partial charge is 0.394 e. The van der Waals surface area contributed by atoms with Crippen LogP contribution in [-0.4, -0.2) is 60.5 Å². The molecule has 1 aromatic carbocycles. The van der Waals surface area contributed by atoms with Crippen molar-refractivity contribution < 1.29 is 27.8 Å². The molecule has 33 heavy (non-hydrogen) atoms. The summed E-state index contributed by atoms with van der Waals surface area (Å²) in [6.45, 7) is 5.46. The van der Waals surface area contributed by atoms with Crippen molar-refractivity contribution >= 4 is 22.1 Å². The van der Waals surface area contributed by atoms with E-state index in [9.17, 15) is 27.8 Å². The van der Waals surface area contributed by atoms with Crippen molar-refractivity contribution in [3.63, 3.8) is 0 Å². The van der Waals surface area contributed by atoms with Gasteiger partial charge in [-0.05, 0) is 57.7 Å². The molecule has 1 amide bonds. The Morgan fingerprint density at radius 2 is 2.06 bits per heavy atom. The second-order valence-corrected chi connectivity index (χ2v) is 10.8. The Morgan fingerprint density at radius 1 is 1.36 bits per heavy atom. The average Bonchev–Trinajstić information content (AvgIpc) is 3.39. The van der Waals surface area contributed by atoms with Gasteiger partial charge in [-0.25, -0.2) is 12.8 Å². The van der Waals surface area contributed by atoms with Crippen molar-refractivity contribution in [3.8, 4) is 0 Å². The maximum Gasteiger partial charge on any atom is 0.238 e. The number of carbonyl (C=O) groups excluding carboxylic acids is 1. The third-order valence-corrected chi connectivity index (χ3v) is 8.05. The number of halogens is 1. The summed E-state index contributed by atoms with van der Waals surface area (Å²) in [6.07, 6.45) is -0.0232. The summed E-state index contributed by atoms with van der Waals surface area (Å²) >= 11 is 0. The molecule has 0 radical (unpaired) electrons. The molecule has 1 saturated carbocycles. The van der Waals surface area contributed by atoms with E-state index in [4.69, 9.17) is 0 Å². The lowest BCUT2D eigenvalue weighted by Gasteiger charge is -2.26. The first-order chi connectivity index (χ1) is 15.5. The van der Waals surface area contributed by atoms with Crippen LogP contribution in [0.1, 0.15) is 38.7 Å². The second-order valence-electron chi connectivity index (χ2n) is 8.76. The molecular formula is C22H31FN4O5S. The minimum absolute atomic E-state index is 0.0874. The van der Waals surface area contributed by atoms with Crippen LogP contribution in [0.15, 0.2) is 41.0 Å². The van der Waals surface area contributed by atoms with Gasteiger partial charge >= 0.3 is 0 Å². The fourth-order valence-corrected chi connectivity index (χ4v) is 5.55. The summed E-state index contributed by atoms with van der Waals surface area (Å²) in [5, 5.41) is 25.1. The Hall–Kier alpha value is -2.63. The number of hydrogen-bond donors (Lipinski definition) is 5. The Kier molecular flexibility index (Phi) is 7.35. The zero-order chi connectivity index (χ0) is 24.4. The molecule has 1 saturated heterocycles. The van der Waals surface area contributed by atoms with E-state index in [2.05, 4.69) is 15.4 Å². The Morgan fingerprint density at radius 3 is 2.61 bits per heavy atom. The number of aliphatic hydroxyl groups is 2. The summed E-state index contributed by atoms with van der Waals surface area (Å²) in [5.41, 5.74) is 1.93. The van der Waals surface area contributed by atoms with Gasteiger partial charge in [-0.1, -0.05) is 11.6 Å². The fraction of sp³-hybridized carbons (Fsp3) is 0.500. The number of aliphatic hydroxyl groups excluding tert-OH is 2. The number of hydrogen-bond acceptors (Lipinski definition) is 7. The number of aryl methyl sites for hydroxylation is 1. The Balaban J connectivity index is 2.06. The lowest BCUT2D eigenvalue weighted by atomic mass is 10.1. The molecule has 1 aliphatic heterocycles. The van der Waals surface area contributed by atoms with Crippen LogP contribution in [0.2, 0.25) is 0 Å². The zero-order valence-corrected chi connectivity index (χ0v) is 19.8. The van der Waals surface area contributed by atoms with Crippen molar-refractivity contribution in [2.45, 2.75) is 50.9 Å². The minimum atomic E-state index is -4.04. The van der Waals surface area contributed by atoms with Crippen LogP contribution in [0.5, 0.6) is 0 Å². The van der Waals surface area contributed by atoms with E-state index >= 15 is 0 Å². The van der Waals surface area contributed by atoms with Crippen LogP contribution in [-0.2, 0) is 14.8 Å². The van der Waals surface area contributed by atoms with Gasteiger partial charge in [0.15, 0.2) is 0 Å². The molecule has 3 rings (SSSR count). The van der Waals surface area contributed by atoms with Crippen molar-refractivity contribution in [3.05, 3.63) is 52.4 Å². The Labute approximate surface area is 193 Å². The second kappa shape index (κ2) is 9.70. The van der Waals surface area contributed by atoms with Gasteiger partial charge in [0.05, 0.1) is 28.8 Å². The third-order valence-electron chi connectivity index (χ3n) is 5.86. The SMILES string of the molecule is CC(C)=C(Nc1ccc(C)cc1F)/C(NS(=O)(=O)C1(CC(O)CO)CC1)=C1/NCCN1C=O. The topological polar surface area (TPSA) is 131 Å². The van der Waals surface area contributed by atoms with Gasteiger partial charge in [-0.15, -0.1) is 0 Å². The number of benzene rings is 1. The summed E-state index contributed by atoms with van der Waals surface area (Å²) < 4.78 is 42.8. The van der Waals surface area contributed by atoms with Crippen LogP contribution in [0.3, 0.4) is 0 Å². The van der Waals surface area contributed by atoms with Gasteiger partial charge in [0.25, 0.3) is 0 Å². The highest BCUT2D eigenvalue weighted by molar-refractivity contribution is 7.91. The lowest BCUT2D eigenvalue weighted by Crippen LogP contribution is -2.41. The molecule has 2 fully saturated rings. The molecule has 0 spiro atoms. The van der Waals surface area contributed by atoms with E-state index in [1.165, 1.54) is 11.0 Å². The molecule has 9 nitrogen and oxygen atoms in total. The van der Waals surface area contributed by atoms with Gasteiger partial charge in [-0.2, -0.15) is 0 Å². The summed E-state index contributed by atoms with van der Waals surface area (Å²) in [4.78, 5) is 13.0. The smallest absolute Gasteiger partial charge is 0.238 e. The van der Waals surface area contributed by atoms with E-state index in [-0.39, 0.29) is 23.6 Å². The van der Waals surface area contributed by atoms with Crippen molar-refractivity contribution in [1.29, 1.82) is 0 Å². The van der Waals surface area contributed by atoms with Gasteiger partial charge in [-0.3, -0.25) is 14.4 Å². The predicted molar refractivity (Wildman–Crippen MR) is 123 cm³/mol. The number of carbonyl (C=O) groups is 1. The molecule has 11 heteroatoms. The first-order valence-electron chi connectivity index (χ1n) is 10.8. The number of nitrogens with one attached hydrogen (secondary N) is 3. The molecule has 1 heterocycles. The first-order valence-corrected chi connectivity index (χ1v) is 12.2. The van der Waals surface area contributed by atoms with Crippen LogP contribution in [0.25, 0.3) is 0 Å². The number of rotatable bonds is 10. The molecule has 1 aliphatic carbocycles. The summed E-state index contributed by atoms with van der Waals surface area (Å²) in [6, 6.07) is 4.65. The molecule has 182 valence electrons. The monoisotopic (exact) mass is 482 g/mol. The predicted octanol–water partition coefficient (Wildman–Crippen LogP) is 1.27. The van der Waals surface area contributed by atoms with E-state index < -0.39 is 33.3 Å². The minimum Gasteiger partial charge on any atom is -0.394 e. The van der Waals surface area contributed by atoms with Crippen molar-refractivity contribution in [2.24, 2.45) is 0 Å². The van der Waals surface area contributed by atoms with Gasteiger partial charge in [0.2, 0.25) is 16.4 Å². The number of allylic oxidation sites excluding steroid dienone is 1. The standard InChI is InChI=1S/C22H31FN4O5S/c1-14(2)19(25-18-5-4-15(3)10-17(18)23)20(21-24-8-9-27(21)13-29)26-33(31,32)22(6-7-22)11-16(30)12-28/h4-5,10,13,16,24-26,28,30H,6-9,11-12H2,1-3H3/b21-20+. The van der Waals surface area contributed by atoms with Crippen LogP contribution >= 0.6 is 0 Å². The van der Waals surface area contributed by atoms with E-state index in [0.29, 0.717) is 43.6 Å². The number of nitrogens with zero attached hydrogens (tertiary/aromatic N) is 1. The van der Waals surface area contributed by atoms with Crippen molar-refractivity contribution in [1.82, 2.24) is 14.9 Å². The molecule has 1 atom stereocenters. The average molecular weight is 483 g/mol. The third kappa shape index (κ3) is 5.31. The summed E-state index contributed by atoms with van der Waals surface area (Å²) in [5.74, 6) is -0.249. The normalized spacial score (nSPS) is 19.4. The highest BCUT2D eigenvalue weighted by atomic mass is 32.2. The van der Waals surface area contributed by atoms with Gasteiger partial charge in [0.1, 0.15) is 17.3 Å². The molecule has 0 aromatic heterocycles. The van der Waals surface area contributed by atoms with Crippen molar-refractivity contribution in [2.75, 3.05) is 25.0 Å². The number of amides is 1. The fourth-order valence-electron chi connectivity index (χ4n) is 3.82. The molecule has 1 aromatic rings. The highest BCUT2D eigenvalue weighted by Gasteiger charge is 2.56. The van der Waals surface area contributed by atoms with Gasteiger partial charge < -0.3 is 20.8 Å². The van der Waals surface area contributed by atoms with Crippen LogP contribution < -0.4 is 15.4 Å². The zero-order valence-electron chi connectivity index (χ0n) is 19.0. The molecule has 2 aliphatic rings. The number of sulfonamides is 1. The van der Waals surface area contributed by atoms with Crippen LogP contribution in [0, 0.1) is 12.7 Å². The number of anilines is 1. The van der Waals surface area contributed by atoms with Gasteiger partial charge in [0, 0.05) is 13.1 Å². The molecule has 0 bridgehead atoms. The maximum absolute atomic E-state index is 14.6. The van der Waals surface area contributed by atoms with E-state index in [0.717, 1.165) is 5.56 Å². The molecule has 5 N–H and O–H groups in total. The molecular weight excluding hydrogens is 451 g/mol. The first kappa shape index (κ1) is 25.0. The lowest BCUT2D eigenvalue weighted by molar-refractivity contribution is -0.115. The highest BCUT2D eigenvalue weighted by Crippen LogP contribution is 2.47. The van der Waals surface area contributed by atoms with E-state index in [1.54, 1.807) is 32.9 Å². The Bertz CT molecular complexity index is 1080. The maximum atomic E-state index is 14.6. The summed E-state index contributed by atoms with van der Waals surface area (Å²) in [7, 11) is -4.04. The quantitative estimate of drug-likeness (QED) is 0.317. The van der Waals surface area contributed by atoms with E-state index in [1.807, 2.05) is 0 Å². The van der Waals surface area contributed by atoms with Crippen LogP contribution in [0.4, 0.5) is 10.1 Å².